The van der Waals surface area contributed by atoms with Crippen LogP contribution in [-0.2, 0) is 7.05 Å². The van der Waals surface area contributed by atoms with Crippen LogP contribution < -0.4 is 5.32 Å². The summed E-state index contributed by atoms with van der Waals surface area (Å²) in [7, 11) is 1.89. The van der Waals surface area contributed by atoms with Gasteiger partial charge in [0.05, 0.1) is 5.69 Å². The third-order valence-electron chi connectivity index (χ3n) is 3.27. The van der Waals surface area contributed by atoms with Crippen molar-refractivity contribution in [1.29, 1.82) is 5.26 Å². The number of H-pyrrole nitrogens is 1. The highest BCUT2D eigenvalue weighted by Crippen LogP contribution is 2.34. The number of anilines is 1. The Hall–Kier alpha value is -2.90. The summed E-state index contributed by atoms with van der Waals surface area (Å²) in [5.74, 6) is 1.02. The number of benzene rings is 1. The van der Waals surface area contributed by atoms with Crippen molar-refractivity contribution in [2.24, 2.45) is 7.05 Å². The van der Waals surface area contributed by atoms with Crippen LogP contribution >= 0.6 is 23.4 Å². The molecule has 11 heteroatoms. The number of halogens is 1. The van der Waals surface area contributed by atoms with Crippen LogP contribution in [0.5, 0.6) is 0 Å². The monoisotopic (exact) mass is 373 g/mol. The van der Waals surface area contributed by atoms with Crippen molar-refractivity contribution in [1.82, 2.24) is 35.4 Å². The highest BCUT2D eigenvalue weighted by Gasteiger charge is 2.12. The Bertz CT molecular complexity index is 955. The maximum absolute atomic E-state index is 9.24. The average Bonchev–Trinajstić information content (AvgIpc) is 3.23. The molecule has 0 amide bonds. The molecule has 9 nitrogen and oxygen atoms in total. The topological polar surface area (TPSA) is 121 Å². The zero-order valence-electron chi connectivity index (χ0n) is 13.2. The fourth-order valence-electron chi connectivity index (χ4n) is 1.85. The third kappa shape index (κ3) is 3.78. The Morgan fingerprint density at radius 1 is 1.40 bits per heavy atom. The average molecular weight is 374 g/mol. The van der Waals surface area contributed by atoms with Gasteiger partial charge >= 0.3 is 0 Å². The van der Waals surface area contributed by atoms with E-state index < -0.39 is 0 Å². The van der Waals surface area contributed by atoms with E-state index in [-0.39, 0.29) is 11.4 Å². The number of nitrogens with zero attached hydrogens (tertiary/aromatic N) is 7. The maximum Gasteiger partial charge on any atom is 0.216 e. The van der Waals surface area contributed by atoms with Crippen LogP contribution in [0, 0.1) is 18.3 Å². The summed E-state index contributed by atoms with van der Waals surface area (Å²) in [6.45, 7) is 1.88. The van der Waals surface area contributed by atoms with Crippen LogP contribution in [0.2, 0.25) is 5.02 Å². The van der Waals surface area contributed by atoms with Crippen LogP contribution in [0.3, 0.4) is 0 Å². The van der Waals surface area contributed by atoms with Gasteiger partial charge in [0.15, 0.2) is 5.16 Å². The van der Waals surface area contributed by atoms with Gasteiger partial charge in [-0.15, -0.1) is 20.4 Å². The molecule has 2 aromatic heterocycles. The molecule has 126 valence electrons. The summed E-state index contributed by atoms with van der Waals surface area (Å²) in [4.78, 5) is 0.876. The summed E-state index contributed by atoms with van der Waals surface area (Å²) in [6.07, 6.45) is 1.50. The molecule has 0 spiro atoms. The molecule has 3 aromatic rings. The number of nitrogens with one attached hydrogen (secondary N) is 2. The third-order valence-corrected chi connectivity index (χ3v) is 4.62. The molecule has 0 fully saturated rings. The quantitative estimate of drug-likeness (QED) is 0.654. The van der Waals surface area contributed by atoms with Crippen LogP contribution in [0.1, 0.15) is 11.6 Å². The van der Waals surface area contributed by atoms with Gasteiger partial charge in [0.1, 0.15) is 17.5 Å². The summed E-state index contributed by atoms with van der Waals surface area (Å²) >= 11 is 7.53. The van der Waals surface area contributed by atoms with Crippen molar-refractivity contribution in [3.63, 3.8) is 0 Å². The zero-order valence-corrected chi connectivity index (χ0v) is 14.8. The first-order valence-electron chi connectivity index (χ1n) is 7.02. The Kier molecular flexibility index (Phi) is 4.97. The largest absolute Gasteiger partial charge is 0.359 e. The standard InChI is InChI=1S/C14H12ClN9S/c1-8-18-21-14(24(8)2)25-12-4-3-10(15)5-11(12)17-7-9(6-16)13-19-22-23-20-13/h3-5,7,17H,1-2H3,(H,19,20,22,23). The normalized spacial score (nSPS) is 11.4. The van der Waals surface area contributed by atoms with Crippen LogP contribution in [0.25, 0.3) is 5.57 Å². The number of tetrazole rings is 1. The molecule has 0 atom stereocenters. The maximum atomic E-state index is 9.24. The van der Waals surface area contributed by atoms with Gasteiger partial charge in [0, 0.05) is 23.2 Å². The van der Waals surface area contributed by atoms with Gasteiger partial charge in [0.2, 0.25) is 5.82 Å². The van der Waals surface area contributed by atoms with Crippen molar-refractivity contribution in [2.75, 3.05) is 5.32 Å². The van der Waals surface area contributed by atoms with E-state index in [1.807, 2.05) is 30.7 Å². The van der Waals surface area contributed by atoms with Gasteiger partial charge in [0.25, 0.3) is 0 Å². The Balaban J connectivity index is 1.89. The minimum atomic E-state index is 0.204. The van der Waals surface area contributed by atoms with E-state index in [2.05, 4.69) is 36.1 Å². The highest BCUT2D eigenvalue weighted by molar-refractivity contribution is 7.99. The Labute approximate surface area is 152 Å². The number of allylic oxidation sites excluding steroid dienone is 1. The zero-order chi connectivity index (χ0) is 17.8. The van der Waals surface area contributed by atoms with E-state index in [1.54, 1.807) is 12.1 Å². The van der Waals surface area contributed by atoms with Crippen molar-refractivity contribution in [3.05, 3.63) is 41.1 Å². The molecule has 2 N–H and O–H groups in total. The number of hydrogen-bond donors (Lipinski definition) is 2. The van der Waals surface area contributed by atoms with Crippen LogP contribution in [-0.4, -0.2) is 35.4 Å². The minimum absolute atomic E-state index is 0.204. The summed E-state index contributed by atoms with van der Waals surface area (Å²) in [6, 6.07) is 7.43. The number of hydrogen-bond acceptors (Lipinski definition) is 8. The van der Waals surface area contributed by atoms with Gasteiger partial charge in [-0.1, -0.05) is 11.6 Å². The summed E-state index contributed by atoms with van der Waals surface area (Å²) in [5.41, 5.74) is 0.952. The molecule has 25 heavy (non-hydrogen) atoms. The van der Waals surface area contributed by atoms with Crippen LogP contribution in [0.15, 0.2) is 34.5 Å². The van der Waals surface area contributed by atoms with Crippen molar-refractivity contribution < 1.29 is 0 Å². The molecular weight excluding hydrogens is 362 g/mol. The molecule has 1 aromatic carbocycles. The van der Waals surface area contributed by atoms with E-state index >= 15 is 0 Å². The van der Waals surface area contributed by atoms with E-state index in [9.17, 15) is 5.26 Å². The Morgan fingerprint density at radius 3 is 2.88 bits per heavy atom. The van der Waals surface area contributed by atoms with Crippen molar-refractivity contribution in [2.45, 2.75) is 17.0 Å². The second-order valence-corrected chi connectivity index (χ2v) is 6.33. The molecule has 0 unspecified atom stereocenters. The van der Waals surface area contributed by atoms with E-state index in [0.29, 0.717) is 5.02 Å². The van der Waals surface area contributed by atoms with Crippen molar-refractivity contribution in [3.8, 4) is 6.07 Å². The first kappa shape index (κ1) is 16.9. The van der Waals surface area contributed by atoms with Gasteiger partial charge in [-0.25, -0.2) is 0 Å². The SMILES string of the molecule is Cc1nnc(Sc2ccc(Cl)cc2NC=C(C#N)c2nn[nH]n2)n1C. The van der Waals surface area contributed by atoms with Crippen molar-refractivity contribution >= 4 is 34.6 Å². The van der Waals surface area contributed by atoms with E-state index in [4.69, 9.17) is 11.6 Å². The predicted molar refractivity (Wildman–Crippen MR) is 92.7 cm³/mol. The molecular formula is C14H12ClN9S. The number of aryl methyl sites for hydroxylation is 1. The molecule has 0 radical (unpaired) electrons. The summed E-state index contributed by atoms with van der Waals surface area (Å²) in [5, 5.41) is 35.1. The molecule has 0 saturated heterocycles. The number of aromatic nitrogens is 7. The smallest absolute Gasteiger partial charge is 0.216 e. The molecule has 0 bridgehead atoms. The lowest BCUT2D eigenvalue weighted by atomic mass is 10.3. The molecule has 0 aliphatic rings. The second-order valence-electron chi connectivity index (χ2n) is 4.88. The molecule has 2 heterocycles. The van der Waals surface area contributed by atoms with Gasteiger partial charge < -0.3 is 9.88 Å². The fraction of sp³-hybridized carbons (Fsp3) is 0.143. The molecule has 0 aliphatic carbocycles. The lowest BCUT2D eigenvalue weighted by Crippen LogP contribution is -1.96. The number of rotatable bonds is 5. The lowest BCUT2D eigenvalue weighted by molar-refractivity contribution is 0.766. The Morgan fingerprint density at radius 2 is 2.24 bits per heavy atom. The van der Waals surface area contributed by atoms with Gasteiger partial charge in [-0.05, 0) is 42.1 Å². The number of nitriles is 1. The molecule has 0 aliphatic heterocycles. The second kappa shape index (κ2) is 7.33. The number of aromatic amines is 1. The first-order chi connectivity index (χ1) is 12.1. The van der Waals surface area contributed by atoms with E-state index in [0.717, 1.165) is 21.6 Å². The first-order valence-corrected chi connectivity index (χ1v) is 8.22. The van der Waals surface area contributed by atoms with Gasteiger partial charge in [-0.3, -0.25) is 0 Å². The predicted octanol–water partition coefficient (Wildman–Crippen LogP) is 2.42. The lowest BCUT2D eigenvalue weighted by Gasteiger charge is -2.09. The molecule has 3 rings (SSSR count). The van der Waals surface area contributed by atoms with E-state index in [1.165, 1.54) is 18.0 Å². The van der Waals surface area contributed by atoms with Gasteiger partial charge in [-0.2, -0.15) is 10.5 Å². The highest BCUT2D eigenvalue weighted by atomic mass is 35.5. The fourth-order valence-corrected chi connectivity index (χ4v) is 2.93. The minimum Gasteiger partial charge on any atom is -0.359 e. The summed E-state index contributed by atoms with van der Waals surface area (Å²) < 4.78 is 1.89. The van der Waals surface area contributed by atoms with Crippen LogP contribution in [0.4, 0.5) is 5.69 Å². The molecule has 0 saturated carbocycles.